The van der Waals surface area contributed by atoms with Gasteiger partial charge in [0.15, 0.2) is 5.65 Å². The van der Waals surface area contributed by atoms with Gasteiger partial charge in [-0.05, 0) is 19.8 Å². The molecule has 1 atom stereocenters. The van der Waals surface area contributed by atoms with Crippen molar-refractivity contribution in [1.29, 1.82) is 0 Å². The third-order valence-corrected chi connectivity index (χ3v) is 4.41. The van der Waals surface area contributed by atoms with Gasteiger partial charge in [0, 0.05) is 32.6 Å². The van der Waals surface area contributed by atoms with E-state index in [1.165, 1.54) is 24.0 Å². The lowest BCUT2D eigenvalue weighted by molar-refractivity contribution is -0.134. The minimum absolute atomic E-state index is 0.0321. The van der Waals surface area contributed by atoms with Gasteiger partial charge in [-0.1, -0.05) is 0 Å². The maximum Gasteiger partial charge on any atom is 0.264 e. The zero-order valence-electron chi connectivity index (χ0n) is 14.4. The number of piperidine rings is 1. The van der Waals surface area contributed by atoms with Crippen molar-refractivity contribution in [1.82, 2.24) is 29.5 Å². The molecular formula is C16H22N6O3. The molecule has 0 bridgehead atoms. The van der Waals surface area contributed by atoms with Gasteiger partial charge >= 0.3 is 0 Å². The lowest BCUT2D eigenvalue weighted by Crippen LogP contribution is -2.50. The van der Waals surface area contributed by atoms with Crippen molar-refractivity contribution in [3.05, 3.63) is 22.9 Å². The van der Waals surface area contributed by atoms with E-state index in [0.717, 1.165) is 12.8 Å². The summed E-state index contributed by atoms with van der Waals surface area (Å²) in [5.74, 6) is -0.251. The van der Waals surface area contributed by atoms with Crippen molar-refractivity contribution in [2.75, 3.05) is 13.1 Å². The number of nitrogens with one attached hydrogen (secondary N) is 1. The van der Waals surface area contributed by atoms with Crippen molar-refractivity contribution in [2.45, 2.75) is 45.8 Å². The molecular weight excluding hydrogens is 324 g/mol. The molecule has 3 heterocycles. The maximum absolute atomic E-state index is 12.6. The first-order chi connectivity index (χ1) is 12.0. The molecule has 1 saturated heterocycles. The molecule has 2 amide bonds. The lowest BCUT2D eigenvalue weighted by atomic mass is 10.1. The van der Waals surface area contributed by atoms with E-state index in [0.29, 0.717) is 30.7 Å². The van der Waals surface area contributed by atoms with Gasteiger partial charge < -0.3 is 10.2 Å². The smallest absolute Gasteiger partial charge is 0.264 e. The zero-order valence-corrected chi connectivity index (χ0v) is 14.4. The molecule has 3 rings (SSSR count). The molecule has 9 nitrogen and oxygen atoms in total. The van der Waals surface area contributed by atoms with Gasteiger partial charge in [-0.25, -0.2) is 9.67 Å². The van der Waals surface area contributed by atoms with Crippen LogP contribution in [-0.2, 0) is 22.7 Å². The number of aromatic nitrogens is 4. The van der Waals surface area contributed by atoms with Crippen LogP contribution in [0.4, 0.5) is 0 Å². The minimum atomic E-state index is -0.270. The summed E-state index contributed by atoms with van der Waals surface area (Å²) in [5, 5.41) is 7.39. The molecule has 1 fully saturated rings. The highest BCUT2D eigenvalue weighted by atomic mass is 16.2. The maximum atomic E-state index is 12.6. The van der Waals surface area contributed by atoms with Crippen molar-refractivity contribution in [2.24, 2.45) is 0 Å². The predicted molar refractivity (Wildman–Crippen MR) is 90.9 cm³/mol. The fraction of sp³-hybridized carbons (Fsp3) is 0.562. The summed E-state index contributed by atoms with van der Waals surface area (Å²) in [4.78, 5) is 42.2. The van der Waals surface area contributed by atoms with Gasteiger partial charge in [0.2, 0.25) is 11.8 Å². The van der Waals surface area contributed by atoms with Crippen LogP contribution in [0.5, 0.6) is 0 Å². The highest BCUT2D eigenvalue weighted by molar-refractivity contribution is 5.78. The van der Waals surface area contributed by atoms with Crippen LogP contribution in [0.1, 0.15) is 26.7 Å². The van der Waals surface area contributed by atoms with Crippen LogP contribution in [0.25, 0.3) is 11.0 Å². The van der Waals surface area contributed by atoms with E-state index in [1.54, 1.807) is 9.58 Å². The van der Waals surface area contributed by atoms with E-state index in [4.69, 9.17) is 0 Å². The third-order valence-electron chi connectivity index (χ3n) is 4.41. The summed E-state index contributed by atoms with van der Waals surface area (Å²) in [6.07, 6.45) is 4.56. The highest BCUT2D eigenvalue weighted by Crippen LogP contribution is 2.11. The molecule has 25 heavy (non-hydrogen) atoms. The SMILES string of the molecule is CCn1ncc2c(=O)n(CC(=O)N3CCCC(NC(C)=O)C3)cnc21. The Morgan fingerprint density at radius 2 is 2.20 bits per heavy atom. The first-order valence-corrected chi connectivity index (χ1v) is 8.45. The minimum Gasteiger partial charge on any atom is -0.352 e. The van der Waals surface area contributed by atoms with Crippen LogP contribution in [0, 0.1) is 0 Å². The number of fused-ring (bicyclic) bond motifs is 1. The van der Waals surface area contributed by atoms with Crippen LogP contribution in [-0.4, -0.2) is 55.2 Å². The lowest BCUT2D eigenvalue weighted by Gasteiger charge is -2.33. The number of likely N-dealkylation sites (tertiary alicyclic amines) is 1. The van der Waals surface area contributed by atoms with Crippen LogP contribution in [0.3, 0.4) is 0 Å². The number of nitrogens with zero attached hydrogens (tertiary/aromatic N) is 5. The van der Waals surface area contributed by atoms with Gasteiger partial charge in [0.05, 0.1) is 6.20 Å². The van der Waals surface area contributed by atoms with Crippen molar-refractivity contribution >= 4 is 22.8 Å². The van der Waals surface area contributed by atoms with Crippen molar-refractivity contribution in [3.8, 4) is 0 Å². The van der Waals surface area contributed by atoms with Crippen LogP contribution >= 0.6 is 0 Å². The Hall–Kier alpha value is -2.71. The molecule has 9 heteroatoms. The quantitative estimate of drug-likeness (QED) is 0.822. The summed E-state index contributed by atoms with van der Waals surface area (Å²) in [6.45, 7) is 5.05. The Balaban J connectivity index is 1.74. The molecule has 1 aliphatic heterocycles. The number of aryl methyl sites for hydroxylation is 1. The van der Waals surface area contributed by atoms with Crippen LogP contribution < -0.4 is 10.9 Å². The van der Waals surface area contributed by atoms with E-state index >= 15 is 0 Å². The molecule has 0 saturated carbocycles. The van der Waals surface area contributed by atoms with Gasteiger partial charge in [0.1, 0.15) is 18.3 Å². The van der Waals surface area contributed by atoms with Gasteiger partial charge in [-0.15, -0.1) is 0 Å². The molecule has 1 N–H and O–H groups in total. The van der Waals surface area contributed by atoms with E-state index < -0.39 is 0 Å². The largest absolute Gasteiger partial charge is 0.352 e. The highest BCUT2D eigenvalue weighted by Gasteiger charge is 2.24. The fourth-order valence-electron chi connectivity index (χ4n) is 3.20. The molecule has 1 unspecified atom stereocenters. The standard InChI is InChI=1S/C16H22N6O3/c1-3-22-15-13(7-18-22)16(25)21(10-17-15)9-14(24)20-6-4-5-12(8-20)19-11(2)23/h7,10,12H,3-6,8-9H2,1-2H3,(H,19,23). The monoisotopic (exact) mass is 346 g/mol. The van der Waals surface area contributed by atoms with E-state index in [9.17, 15) is 14.4 Å². The van der Waals surface area contributed by atoms with Crippen LogP contribution in [0.2, 0.25) is 0 Å². The first-order valence-electron chi connectivity index (χ1n) is 8.45. The normalized spacial score (nSPS) is 17.7. The molecule has 0 aliphatic carbocycles. The number of carbonyl (C=O) groups excluding carboxylic acids is 2. The van der Waals surface area contributed by atoms with Gasteiger partial charge in [-0.3, -0.25) is 19.0 Å². The third kappa shape index (κ3) is 3.54. The topological polar surface area (TPSA) is 102 Å². The molecule has 0 spiro atoms. The zero-order chi connectivity index (χ0) is 18.0. The Morgan fingerprint density at radius 1 is 1.40 bits per heavy atom. The second-order valence-electron chi connectivity index (χ2n) is 6.25. The Bertz CT molecular complexity index is 855. The second-order valence-corrected chi connectivity index (χ2v) is 6.25. The summed E-state index contributed by atoms with van der Waals surface area (Å²) < 4.78 is 2.96. The number of carbonyl (C=O) groups is 2. The summed E-state index contributed by atoms with van der Waals surface area (Å²) in [7, 11) is 0. The average molecular weight is 346 g/mol. The fourth-order valence-corrected chi connectivity index (χ4v) is 3.20. The van der Waals surface area contributed by atoms with Gasteiger partial charge in [0.25, 0.3) is 5.56 Å². The number of hydrogen-bond donors (Lipinski definition) is 1. The molecule has 2 aromatic rings. The summed E-state index contributed by atoms with van der Waals surface area (Å²) in [6, 6.07) is -0.0321. The molecule has 134 valence electrons. The number of hydrogen-bond acceptors (Lipinski definition) is 5. The average Bonchev–Trinajstić information content (AvgIpc) is 3.01. The predicted octanol–water partition coefficient (Wildman–Crippen LogP) is -0.260. The number of amides is 2. The Morgan fingerprint density at radius 3 is 2.92 bits per heavy atom. The van der Waals surface area contributed by atoms with E-state index in [1.807, 2.05) is 6.92 Å². The Kier molecular flexibility index (Phi) is 4.82. The van der Waals surface area contributed by atoms with Crippen molar-refractivity contribution in [3.63, 3.8) is 0 Å². The van der Waals surface area contributed by atoms with E-state index in [2.05, 4.69) is 15.4 Å². The molecule has 1 aliphatic rings. The summed E-state index contributed by atoms with van der Waals surface area (Å²) >= 11 is 0. The van der Waals surface area contributed by atoms with Crippen LogP contribution in [0.15, 0.2) is 17.3 Å². The van der Waals surface area contributed by atoms with E-state index in [-0.39, 0.29) is 30.0 Å². The second kappa shape index (κ2) is 7.04. The van der Waals surface area contributed by atoms with Crippen molar-refractivity contribution < 1.29 is 9.59 Å². The molecule has 0 aromatic carbocycles. The first kappa shape index (κ1) is 17.1. The van der Waals surface area contributed by atoms with Gasteiger partial charge in [-0.2, -0.15) is 5.10 Å². The summed E-state index contributed by atoms with van der Waals surface area (Å²) in [5.41, 5.74) is 0.258. The molecule has 2 aromatic heterocycles. The Labute approximate surface area is 144 Å². The number of rotatable bonds is 4. The molecule has 0 radical (unpaired) electrons.